The Morgan fingerprint density at radius 3 is 2.71 bits per heavy atom. The van der Waals surface area contributed by atoms with E-state index in [9.17, 15) is 19.2 Å². The molecule has 1 aromatic carbocycles. The van der Waals surface area contributed by atoms with Gasteiger partial charge < -0.3 is 26.0 Å². The number of ether oxygens (including phenoxy) is 1. The van der Waals surface area contributed by atoms with Crippen molar-refractivity contribution in [1.29, 1.82) is 0 Å². The number of nitrogens with zero attached hydrogens (tertiary/aromatic N) is 1. The molecular weight excluding hydrogens is 364 g/mol. The van der Waals surface area contributed by atoms with Gasteiger partial charge in [-0.05, 0) is 18.1 Å². The Kier molecular flexibility index (Phi) is 7.36. The predicted octanol–water partition coefficient (Wildman–Crippen LogP) is 0.114. The van der Waals surface area contributed by atoms with Gasteiger partial charge in [-0.1, -0.05) is 26.0 Å². The van der Waals surface area contributed by atoms with Crippen LogP contribution in [0.5, 0.6) is 0 Å². The van der Waals surface area contributed by atoms with Crippen LogP contribution in [0.2, 0.25) is 0 Å². The summed E-state index contributed by atoms with van der Waals surface area (Å²) in [7, 11) is 0. The molecule has 0 bridgehead atoms. The molecule has 1 aliphatic rings. The predicted molar refractivity (Wildman–Crippen MR) is 102 cm³/mol. The number of carbonyl (C=O) groups is 4. The highest BCUT2D eigenvalue weighted by Crippen LogP contribution is 2.15. The summed E-state index contributed by atoms with van der Waals surface area (Å²) in [4.78, 5) is 49.7. The summed E-state index contributed by atoms with van der Waals surface area (Å²) in [5, 5.41) is 5.54. The number of primary amides is 1. The van der Waals surface area contributed by atoms with E-state index in [4.69, 9.17) is 10.5 Å². The summed E-state index contributed by atoms with van der Waals surface area (Å²) in [6, 6.07) is 5.64. The van der Waals surface area contributed by atoms with E-state index >= 15 is 0 Å². The minimum absolute atomic E-state index is 0.144. The van der Waals surface area contributed by atoms with Crippen molar-refractivity contribution in [3.05, 3.63) is 29.8 Å². The molecule has 28 heavy (non-hydrogen) atoms. The lowest BCUT2D eigenvalue weighted by Gasteiger charge is -2.34. The fourth-order valence-electron chi connectivity index (χ4n) is 2.82. The molecule has 0 saturated carbocycles. The lowest BCUT2D eigenvalue weighted by Crippen LogP contribution is -2.58. The monoisotopic (exact) mass is 390 g/mol. The minimum Gasteiger partial charge on any atom is -0.465 e. The highest BCUT2D eigenvalue weighted by Gasteiger charge is 2.35. The smallest absolute Gasteiger partial charge is 0.308 e. The molecule has 1 fully saturated rings. The number of para-hydroxylation sites is 1. The molecule has 4 N–H and O–H groups in total. The van der Waals surface area contributed by atoms with Crippen molar-refractivity contribution in [1.82, 2.24) is 10.2 Å². The number of carbonyl (C=O) groups excluding carboxylic acids is 4. The SMILES string of the molecule is CC(C)COC(=O)CC1C(=O)NCCN1C(=O)CNc1ccccc1C(N)=O. The summed E-state index contributed by atoms with van der Waals surface area (Å²) in [5.41, 5.74) is 6.02. The Labute approximate surface area is 163 Å². The first-order valence-electron chi connectivity index (χ1n) is 9.15. The fraction of sp³-hybridized carbons (Fsp3) is 0.474. The van der Waals surface area contributed by atoms with Crippen molar-refractivity contribution in [3.63, 3.8) is 0 Å². The standard InChI is InChI=1S/C19H26N4O5/c1-12(2)11-28-17(25)9-15-19(27)21-7-8-23(15)16(24)10-22-14-6-4-3-5-13(14)18(20)26/h3-6,12,15,22H,7-11H2,1-2H3,(H2,20,26)(H,21,27). The molecule has 9 nitrogen and oxygen atoms in total. The van der Waals surface area contributed by atoms with Gasteiger partial charge >= 0.3 is 5.97 Å². The molecule has 1 aliphatic heterocycles. The second-order valence-corrected chi connectivity index (χ2v) is 6.94. The van der Waals surface area contributed by atoms with Crippen LogP contribution in [0.3, 0.4) is 0 Å². The first-order valence-corrected chi connectivity index (χ1v) is 9.15. The van der Waals surface area contributed by atoms with Gasteiger partial charge in [-0.25, -0.2) is 0 Å². The van der Waals surface area contributed by atoms with Gasteiger partial charge in [0.05, 0.1) is 25.1 Å². The van der Waals surface area contributed by atoms with Crippen molar-refractivity contribution in [2.45, 2.75) is 26.3 Å². The molecule has 1 aromatic rings. The molecule has 9 heteroatoms. The highest BCUT2D eigenvalue weighted by atomic mass is 16.5. The third-order valence-corrected chi connectivity index (χ3v) is 4.21. The number of piperazine rings is 1. The zero-order chi connectivity index (χ0) is 20.7. The average molecular weight is 390 g/mol. The first kappa shape index (κ1) is 21.2. The number of hydrogen-bond donors (Lipinski definition) is 3. The summed E-state index contributed by atoms with van der Waals surface area (Å²) in [6.45, 7) is 4.52. The van der Waals surface area contributed by atoms with Crippen molar-refractivity contribution in [3.8, 4) is 0 Å². The number of anilines is 1. The normalized spacial score (nSPS) is 16.5. The maximum Gasteiger partial charge on any atom is 0.308 e. The van der Waals surface area contributed by atoms with Crippen molar-refractivity contribution in [2.75, 3.05) is 31.6 Å². The van der Waals surface area contributed by atoms with Crippen LogP contribution in [0.1, 0.15) is 30.6 Å². The van der Waals surface area contributed by atoms with Crippen molar-refractivity contribution in [2.24, 2.45) is 11.7 Å². The van der Waals surface area contributed by atoms with Crippen LogP contribution < -0.4 is 16.4 Å². The molecule has 0 aliphatic carbocycles. The molecule has 1 unspecified atom stereocenters. The molecular formula is C19H26N4O5. The quantitative estimate of drug-likeness (QED) is 0.540. The number of amides is 3. The van der Waals surface area contributed by atoms with E-state index in [-0.39, 0.29) is 43.5 Å². The molecule has 0 aromatic heterocycles. The van der Waals surface area contributed by atoms with E-state index in [1.807, 2.05) is 13.8 Å². The first-order chi connectivity index (χ1) is 13.3. The molecule has 1 saturated heterocycles. The maximum atomic E-state index is 12.7. The Hall–Kier alpha value is -3.10. The van der Waals surface area contributed by atoms with E-state index in [1.165, 1.54) is 4.90 Å². The van der Waals surface area contributed by atoms with Crippen LogP contribution in [-0.4, -0.2) is 60.9 Å². The summed E-state index contributed by atoms with van der Waals surface area (Å²) < 4.78 is 5.13. The van der Waals surface area contributed by atoms with Gasteiger partial charge in [0, 0.05) is 18.8 Å². The van der Waals surface area contributed by atoms with Gasteiger partial charge in [0.2, 0.25) is 11.8 Å². The van der Waals surface area contributed by atoms with Gasteiger partial charge in [0.25, 0.3) is 5.91 Å². The zero-order valence-corrected chi connectivity index (χ0v) is 16.1. The van der Waals surface area contributed by atoms with E-state index in [2.05, 4.69) is 10.6 Å². The third-order valence-electron chi connectivity index (χ3n) is 4.21. The van der Waals surface area contributed by atoms with Crippen molar-refractivity contribution >= 4 is 29.4 Å². The minimum atomic E-state index is -0.922. The topological polar surface area (TPSA) is 131 Å². The summed E-state index contributed by atoms with van der Waals surface area (Å²) in [6.07, 6.45) is -0.206. The van der Waals surface area contributed by atoms with Crippen LogP contribution in [0, 0.1) is 5.92 Å². The summed E-state index contributed by atoms with van der Waals surface area (Å²) >= 11 is 0. The lowest BCUT2D eigenvalue weighted by molar-refractivity contribution is -0.152. The molecule has 0 radical (unpaired) electrons. The Bertz CT molecular complexity index is 750. The van der Waals surface area contributed by atoms with Crippen LogP contribution in [0.25, 0.3) is 0 Å². The highest BCUT2D eigenvalue weighted by molar-refractivity contribution is 5.99. The van der Waals surface area contributed by atoms with E-state index in [0.717, 1.165) is 0 Å². The lowest BCUT2D eigenvalue weighted by atomic mass is 10.1. The maximum absolute atomic E-state index is 12.7. The van der Waals surface area contributed by atoms with E-state index < -0.39 is 23.8 Å². The number of nitrogens with two attached hydrogens (primary N) is 1. The zero-order valence-electron chi connectivity index (χ0n) is 16.1. The Morgan fingerprint density at radius 1 is 1.32 bits per heavy atom. The number of rotatable bonds is 8. The number of hydrogen-bond acceptors (Lipinski definition) is 6. The van der Waals surface area contributed by atoms with E-state index in [0.29, 0.717) is 12.2 Å². The number of benzene rings is 1. The second kappa shape index (κ2) is 9.72. The molecule has 3 amide bonds. The van der Waals surface area contributed by atoms with Crippen LogP contribution in [0.15, 0.2) is 24.3 Å². The van der Waals surface area contributed by atoms with Gasteiger partial charge in [-0.2, -0.15) is 0 Å². The van der Waals surface area contributed by atoms with E-state index in [1.54, 1.807) is 24.3 Å². The average Bonchev–Trinajstić information content (AvgIpc) is 2.66. The summed E-state index contributed by atoms with van der Waals surface area (Å²) in [5.74, 6) is -1.72. The fourth-order valence-corrected chi connectivity index (χ4v) is 2.82. The van der Waals surface area contributed by atoms with Crippen LogP contribution in [0.4, 0.5) is 5.69 Å². The number of nitrogens with one attached hydrogen (secondary N) is 2. The second-order valence-electron chi connectivity index (χ2n) is 6.94. The molecule has 1 heterocycles. The van der Waals surface area contributed by atoms with Gasteiger partial charge in [0.15, 0.2) is 0 Å². The van der Waals surface area contributed by atoms with Gasteiger partial charge in [0.1, 0.15) is 6.04 Å². The van der Waals surface area contributed by atoms with Gasteiger partial charge in [-0.15, -0.1) is 0 Å². The largest absolute Gasteiger partial charge is 0.465 e. The third kappa shape index (κ3) is 5.70. The molecule has 1 atom stereocenters. The molecule has 0 spiro atoms. The number of esters is 1. The van der Waals surface area contributed by atoms with Gasteiger partial charge in [-0.3, -0.25) is 19.2 Å². The Morgan fingerprint density at radius 2 is 2.04 bits per heavy atom. The molecule has 2 rings (SSSR count). The van der Waals surface area contributed by atoms with Crippen LogP contribution in [-0.2, 0) is 19.1 Å². The van der Waals surface area contributed by atoms with Crippen LogP contribution >= 0.6 is 0 Å². The van der Waals surface area contributed by atoms with Crippen molar-refractivity contribution < 1.29 is 23.9 Å². The molecule has 152 valence electrons. The Balaban J connectivity index is 2.02.